The molecule has 0 bridgehead atoms. The summed E-state index contributed by atoms with van der Waals surface area (Å²) in [5, 5.41) is 8.46. The molecule has 1 aromatic carbocycles. The van der Waals surface area contributed by atoms with Crippen LogP contribution in [0.3, 0.4) is 0 Å². The molecule has 2 aromatic rings. The van der Waals surface area contributed by atoms with Crippen molar-refractivity contribution in [3.63, 3.8) is 0 Å². The van der Waals surface area contributed by atoms with E-state index in [9.17, 15) is 0 Å². The van der Waals surface area contributed by atoms with Crippen LogP contribution in [0.25, 0.3) is 0 Å². The van der Waals surface area contributed by atoms with Crippen molar-refractivity contribution in [1.82, 2.24) is 9.78 Å². The Morgan fingerprint density at radius 2 is 2.38 bits per heavy atom. The van der Waals surface area contributed by atoms with Crippen LogP contribution in [0.2, 0.25) is 5.02 Å². The first-order chi connectivity index (χ1) is 10.2. The maximum atomic E-state index is 6.21. The maximum Gasteiger partial charge on any atom is 0.0771 e. The Bertz CT molecular complexity index is 611. The summed E-state index contributed by atoms with van der Waals surface area (Å²) >= 11 is 9.61. The highest BCUT2D eigenvalue weighted by Gasteiger charge is 2.16. The van der Waals surface area contributed by atoms with Gasteiger partial charge in [-0.25, -0.2) is 0 Å². The third-order valence-corrected chi connectivity index (χ3v) is 4.39. The van der Waals surface area contributed by atoms with Gasteiger partial charge in [0.1, 0.15) is 0 Å². The lowest BCUT2D eigenvalue weighted by atomic mass is 10.2. The molecular formula is C15H17BrClN3O. The quantitative estimate of drug-likeness (QED) is 0.861. The van der Waals surface area contributed by atoms with E-state index in [1.807, 2.05) is 35.3 Å². The van der Waals surface area contributed by atoms with Crippen LogP contribution in [-0.2, 0) is 17.8 Å². The standard InChI is InChI=1S/C15H17BrClN3O/c16-12-4-3-11(15(17)6-12)7-18-13-8-19-20(9-13)10-14-2-1-5-21-14/h3-4,6,8-9,14,18H,1-2,5,7,10H2. The van der Waals surface area contributed by atoms with Gasteiger partial charge in [-0.1, -0.05) is 33.6 Å². The van der Waals surface area contributed by atoms with E-state index in [1.54, 1.807) is 0 Å². The number of hydrogen-bond donors (Lipinski definition) is 1. The van der Waals surface area contributed by atoms with Crippen molar-refractivity contribution in [2.75, 3.05) is 11.9 Å². The summed E-state index contributed by atoms with van der Waals surface area (Å²) in [7, 11) is 0. The molecule has 1 fully saturated rings. The number of ether oxygens (including phenoxy) is 1. The minimum Gasteiger partial charge on any atom is -0.378 e. The van der Waals surface area contributed by atoms with Gasteiger partial charge in [-0.3, -0.25) is 4.68 Å². The molecule has 21 heavy (non-hydrogen) atoms. The fourth-order valence-corrected chi connectivity index (χ4v) is 3.15. The van der Waals surface area contributed by atoms with Crippen LogP contribution in [0.15, 0.2) is 35.1 Å². The van der Waals surface area contributed by atoms with Gasteiger partial charge in [-0.2, -0.15) is 5.10 Å². The lowest BCUT2D eigenvalue weighted by Gasteiger charge is -2.09. The number of nitrogens with zero attached hydrogens (tertiary/aromatic N) is 2. The summed E-state index contributed by atoms with van der Waals surface area (Å²) in [6, 6.07) is 5.90. The molecule has 1 aliphatic rings. The SMILES string of the molecule is Clc1cc(Br)ccc1CNc1cnn(CC2CCCO2)c1. The Kier molecular flexibility index (Phi) is 4.83. The van der Waals surface area contributed by atoms with Crippen LogP contribution in [0.4, 0.5) is 5.69 Å². The van der Waals surface area contributed by atoms with Crippen molar-refractivity contribution in [1.29, 1.82) is 0 Å². The molecule has 4 nitrogen and oxygen atoms in total. The molecule has 1 unspecified atom stereocenters. The molecule has 0 aliphatic carbocycles. The van der Waals surface area contributed by atoms with Gasteiger partial charge in [0.05, 0.1) is 24.5 Å². The highest BCUT2D eigenvalue weighted by molar-refractivity contribution is 9.10. The van der Waals surface area contributed by atoms with Gasteiger partial charge in [-0.05, 0) is 30.5 Å². The first-order valence-corrected chi connectivity index (χ1v) is 8.19. The molecule has 0 radical (unpaired) electrons. The molecule has 1 saturated heterocycles. The predicted molar refractivity (Wildman–Crippen MR) is 87.7 cm³/mol. The van der Waals surface area contributed by atoms with Gasteiger partial charge in [-0.15, -0.1) is 0 Å². The maximum absolute atomic E-state index is 6.21. The van der Waals surface area contributed by atoms with E-state index in [0.717, 1.165) is 46.7 Å². The van der Waals surface area contributed by atoms with E-state index >= 15 is 0 Å². The number of halogens is 2. The minimum atomic E-state index is 0.304. The van der Waals surface area contributed by atoms with Gasteiger partial charge in [0.25, 0.3) is 0 Å². The predicted octanol–water partition coefficient (Wildman–Crippen LogP) is 4.09. The molecule has 2 heterocycles. The number of rotatable bonds is 5. The Balaban J connectivity index is 1.56. The number of aromatic nitrogens is 2. The zero-order valence-corrected chi connectivity index (χ0v) is 13.9. The second-order valence-corrected chi connectivity index (χ2v) is 6.50. The van der Waals surface area contributed by atoms with Gasteiger partial charge in [0.2, 0.25) is 0 Å². The molecule has 0 spiro atoms. The van der Waals surface area contributed by atoms with Crippen molar-refractivity contribution in [2.45, 2.75) is 32.0 Å². The third kappa shape index (κ3) is 3.99. The molecule has 1 aliphatic heterocycles. The van der Waals surface area contributed by atoms with Crippen molar-refractivity contribution >= 4 is 33.2 Å². The Morgan fingerprint density at radius 3 is 3.14 bits per heavy atom. The number of hydrogen-bond acceptors (Lipinski definition) is 3. The third-order valence-electron chi connectivity index (χ3n) is 3.55. The van der Waals surface area contributed by atoms with E-state index in [-0.39, 0.29) is 0 Å². The van der Waals surface area contributed by atoms with Gasteiger partial charge >= 0.3 is 0 Å². The highest BCUT2D eigenvalue weighted by Crippen LogP contribution is 2.22. The van der Waals surface area contributed by atoms with Crippen LogP contribution in [0, 0.1) is 0 Å². The van der Waals surface area contributed by atoms with E-state index in [1.165, 1.54) is 0 Å². The zero-order valence-electron chi connectivity index (χ0n) is 11.6. The largest absolute Gasteiger partial charge is 0.378 e. The lowest BCUT2D eigenvalue weighted by Crippen LogP contribution is -2.15. The molecule has 6 heteroatoms. The molecule has 3 rings (SSSR count). The molecule has 0 saturated carbocycles. The van der Waals surface area contributed by atoms with Gasteiger partial charge in [0.15, 0.2) is 0 Å². The Hall–Kier alpha value is -1.04. The smallest absolute Gasteiger partial charge is 0.0771 e. The van der Waals surface area contributed by atoms with Crippen LogP contribution in [-0.4, -0.2) is 22.5 Å². The molecule has 1 atom stereocenters. The summed E-state index contributed by atoms with van der Waals surface area (Å²) in [6.07, 6.45) is 6.42. The van der Waals surface area contributed by atoms with E-state index in [0.29, 0.717) is 12.6 Å². The molecule has 0 amide bonds. The van der Waals surface area contributed by atoms with Crippen LogP contribution in [0.1, 0.15) is 18.4 Å². The second-order valence-electron chi connectivity index (χ2n) is 5.18. The van der Waals surface area contributed by atoms with Crippen molar-refractivity contribution < 1.29 is 4.74 Å². The van der Waals surface area contributed by atoms with Gasteiger partial charge in [0, 0.05) is 28.8 Å². The summed E-state index contributed by atoms with van der Waals surface area (Å²) in [4.78, 5) is 0. The first-order valence-electron chi connectivity index (χ1n) is 7.02. The number of anilines is 1. The van der Waals surface area contributed by atoms with E-state index < -0.39 is 0 Å². The van der Waals surface area contributed by atoms with E-state index in [2.05, 4.69) is 26.3 Å². The van der Waals surface area contributed by atoms with Crippen molar-refractivity contribution in [2.24, 2.45) is 0 Å². The van der Waals surface area contributed by atoms with Gasteiger partial charge < -0.3 is 10.1 Å². The molecule has 112 valence electrons. The monoisotopic (exact) mass is 369 g/mol. The first kappa shape index (κ1) is 14.9. The van der Waals surface area contributed by atoms with Crippen molar-refractivity contribution in [3.05, 3.63) is 45.7 Å². The molecular weight excluding hydrogens is 354 g/mol. The summed E-state index contributed by atoms with van der Waals surface area (Å²) in [5.74, 6) is 0. The van der Waals surface area contributed by atoms with Crippen LogP contribution in [0.5, 0.6) is 0 Å². The minimum absolute atomic E-state index is 0.304. The van der Waals surface area contributed by atoms with Crippen molar-refractivity contribution in [3.8, 4) is 0 Å². The fourth-order valence-electron chi connectivity index (χ4n) is 2.41. The summed E-state index contributed by atoms with van der Waals surface area (Å²) < 4.78 is 8.54. The summed E-state index contributed by atoms with van der Waals surface area (Å²) in [5.41, 5.74) is 2.05. The Labute approximate surface area is 137 Å². The lowest BCUT2D eigenvalue weighted by molar-refractivity contribution is 0.0940. The second kappa shape index (κ2) is 6.81. The number of nitrogens with one attached hydrogen (secondary N) is 1. The average molecular weight is 371 g/mol. The molecule has 1 N–H and O–H groups in total. The normalized spacial score (nSPS) is 18.1. The summed E-state index contributed by atoms with van der Waals surface area (Å²) in [6.45, 7) is 2.37. The topological polar surface area (TPSA) is 39.1 Å². The van der Waals surface area contributed by atoms with Crippen LogP contribution < -0.4 is 5.32 Å². The average Bonchev–Trinajstić information content (AvgIpc) is 3.10. The number of benzene rings is 1. The van der Waals surface area contributed by atoms with Crippen LogP contribution >= 0.6 is 27.5 Å². The zero-order chi connectivity index (χ0) is 14.7. The Morgan fingerprint density at radius 1 is 1.48 bits per heavy atom. The fraction of sp³-hybridized carbons (Fsp3) is 0.400. The van der Waals surface area contributed by atoms with E-state index in [4.69, 9.17) is 16.3 Å². The highest BCUT2D eigenvalue weighted by atomic mass is 79.9. The molecule has 1 aromatic heterocycles.